The van der Waals surface area contributed by atoms with Crippen LogP contribution in [0.2, 0.25) is 0 Å². The lowest BCUT2D eigenvalue weighted by Gasteiger charge is -2.18. The van der Waals surface area contributed by atoms with Crippen molar-refractivity contribution in [3.8, 4) is 0 Å². The second-order valence-corrected chi connectivity index (χ2v) is 5.72. The van der Waals surface area contributed by atoms with Gasteiger partial charge in [0, 0.05) is 25.8 Å². The Hall–Kier alpha value is -2.66. The highest BCUT2D eigenvalue weighted by atomic mass is 16.3. The maximum Gasteiger partial charge on any atom is 0.246 e. The molecule has 1 aromatic heterocycles. The summed E-state index contributed by atoms with van der Waals surface area (Å²) < 4.78 is 1.95. The van der Waals surface area contributed by atoms with Crippen molar-refractivity contribution >= 4 is 22.6 Å². The summed E-state index contributed by atoms with van der Waals surface area (Å²) >= 11 is 0. The first-order valence-corrected chi connectivity index (χ1v) is 8.07. The molecule has 124 valence electrons. The molecule has 2 aromatic carbocycles. The minimum atomic E-state index is -0.00500. The molecule has 3 aromatic rings. The van der Waals surface area contributed by atoms with Crippen molar-refractivity contribution in [3.05, 3.63) is 60.4 Å². The van der Waals surface area contributed by atoms with Crippen molar-refractivity contribution in [2.24, 2.45) is 0 Å². The molecule has 3 rings (SSSR count). The summed E-state index contributed by atoms with van der Waals surface area (Å²) in [6.45, 7) is 0.341. The van der Waals surface area contributed by atoms with Crippen molar-refractivity contribution in [3.63, 3.8) is 0 Å². The zero-order chi connectivity index (χ0) is 16.9. The van der Waals surface area contributed by atoms with Crippen LogP contribution in [0.5, 0.6) is 0 Å². The van der Waals surface area contributed by atoms with Crippen LogP contribution >= 0.6 is 0 Å². The van der Waals surface area contributed by atoms with E-state index in [-0.39, 0.29) is 19.1 Å². The number of carbonyl (C=O) groups is 1. The van der Waals surface area contributed by atoms with Crippen molar-refractivity contribution in [2.75, 3.05) is 18.6 Å². The number of aryl methyl sites for hydroxylation is 1. The number of imidazole rings is 1. The Morgan fingerprint density at radius 1 is 1.12 bits per heavy atom. The summed E-state index contributed by atoms with van der Waals surface area (Å²) in [5.74, 6) is 0.828. The fraction of sp³-hybridized carbons (Fsp3) is 0.263. The predicted octanol–water partition coefficient (Wildman–Crippen LogP) is 2.62. The van der Waals surface area contributed by atoms with E-state index in [1.54, 1.807) is 11.9 Å². The van der Waals surface area contributed by atoms with Gasteiger partial charge in [-0.3, -0.25) is 4.79 Å². The number of benzene rings is 2. The third-order valence-corrected chi connectivity index (χ3v) is 4.10. The van der Waals surface area contributed by atoms with Gasteiger partial charge in [0.05, 0.1) is 11.0 Å². The summed E-state index contributed by atoms with van der Waals surface area (Å²) in [5.41, 5.74) is 2.68. The first-order valence-electron chi connectivity index (χ1n) is 8.07. The molecule has 5 heteroatoms. The first kappa shape index (κ1) is 16.2. The SMILES string of the molecule is CN(C(=O)Cn1c(CCCO)nc2ccccc21)c1ccccc1. The molecule has 0 unspecified atom stereocenters. The van der Waals surface area contributed by atoms with Gasteiger partial charge in [0.2, 0.25) is 5.91 Å². The molecule has 1 heterocycles. The highest BCUT2D eigenvalue weighted by Crippen LogP contribution is 2.19. The molecule has 0 aliphatic carbocycles. The van der Waals surface area contributed by atoms with E-state index >= 15 is 0 Å². The number of carbonyl (C=O) groups excluding carboxylic acids is 1. The molecule has 0 atom stereocenters. The predicted molar refractivity (Wildman–Crippen MR) is 95.0 cm³/mol. The minimum absolute atomic E-state index is 0.00500. The second kappa shape index (κ2) is 7.27. The first-order chi connectivity index (χ1) is 11.7. The number of hydrogen-bond donors (Lipinski definition) is 1. The topological polar surface area (TPSA) is 58.4 Å². The average Bonchev–Trinajstić information content (AvgIpc) is 2.97. The molecular formula is C19H21N3O2. The maximum absolute atomic E-state index is 12.7. The van der Waals surface area contributed by atoms with Crippen molar-refractivity contribution in [1.29, 1.82) is 0 Å². The van der Waals surface area contributed by atoms with Crippen LogP contribution in [-0.4, -0.2) is 34.2 Å². The number of anilines is 1. The van der Waals surface area contributed by atoms with Gasteiger partial charge < -0.3 is 14.6 Å². The molecule has 1 N–H and O–H groups in total. The number of likely N-dealkylation sites (N-methyl/N-ethyl adjacent to an activating group) is 1. The second-order valence-electron chi connectivity index (χ2n) is 5.72. The fourth-order valence-electron chi connectivity index (χ4n) is 2.77. The molecule has 0 aliphatic rings. The fourth-order valence-corrected chi connectivity index (χ4v) is 2.77. The third kappa shape index (κ3) is 3.31. The van der Waals surface area contributed by atoms with Gasteiger partial charge in [-0.2, -0.15) is 0 Å². The standard InChI is InChI=1S/C19H21N3O2/c1-21(15-8-3-2-4-9-15)19(24)14-22-17-11-6-5-10-16(17)20-18(22)12-7-13-23/h2-6,8-11,23H,7,12-14H2,1H3. The van der Waals surface area contributed by atoms with E-state index in [1.807, 2.05) is 59.2 Å². The van der Waals surface area contributed by atoms with Gasteiger partial charge in [-0.25, -0.2) is 4.98 Å². The Labute approximate surface area is 141 Å². The van der Waals surface area contributed by atoms with Gasteiger partial charge in [0.15, 0.2) is 0 Å². The summed E-state index contributed by atoms with van der Waals surface area (Å²) in [7, 11) is 1.78. The van der Waals surface area contributed by atoms with Crippen LogP contribution in [0.4, 0.5) is 5.69 Å². The zero-order valence-electron chi connectivity index (χ0n) is 13.7. The number of nitrogens with zero attached hydrogens (tertiary/aromatic N) is 3. The van der Waals surface area contributed by atoms with Gasteiger partial charge in [-0.05, 0) is 30.7 Å². The van der Waals surface area contributed by atoms with E-state index < -0.39 is 0 Å². The molecule has 0 saturated heterocycles. The van der Waals surface area contributed by atoms with E-state index in [1.165, 1.54) is 0 Å². The summed E-state index contributed by atoms with van der Waals surface area (Å²) in [4.78, 5) is 19.0. The number of fused-ring (bicyclic) bond motifs is 1. The van der Waals surface area contributed by atoms with Crippen molar-refractivity contribution in [2.45, 2.75) is 19.4 Å². The molecule has 0 spiro atoms. The zero-order valence-corrected chi connectivity index (χ0v) is 13.7. The molecule has 0 aliphatic heterocycles. The molecule has 0 saturated carbocycles. The number of para-hydroxylation sites is 3. The lowest BCUT2D eigenvalue weighted by Crippen LogP contribution is -2.30. The maximum atomic E-state index is 12.7. The Morgan fingerprint density at radius 3 is 2.58 bits per heavy atom. The van der Waals surface area contributed by atoms with Gasteiger partial charge in [0.25, 0.3) is 0 Å². The number of aliphatic hydroxyl groups excluding tert-OH is 1. The van der Waals surface area contributed by atoms with Crippen LogP contribution in [0, 0.1) is 0 Å². The Bertz CT molecular complexity index is 827. The average molecular weight is 323 g/mol. The van der Waals surface area contributed by atoms with E-state index in [0.717, 1.165) is 22.5 Å². The van der Waals surface area contributed by atoms with Crippen LogP contribution in [0.3, 0.4) is 0 Å². The highest BCUT2D eigenvalue weighted by Gasteiger charge is 2.16. The summed E-state index contributed by atoms with van der Waals surface area (Å²) in [6.07, 6.45) is 1.28. The number of hydrogen-bond acceptors (Lipinski definition) is 3. The minimum Gasteiger partial charge on any atom is -0.396 e. The smallest absolute Gasteiger partial charge is 0.246 e. The van der Waals surface area contributed by atoms with E-state index in [0.29, 0.717) is 12.8 Å². The van der Waals surface area contributed by atoms with Crippen LogP contribution in [0.1, 0.15) is 12.2 Å². The third-order valence-electron chi connectivity index (χ3n) is 4.10. The quantitative estimate of drug-likeness (QED) is 0.758. The van der Waals surface area contributed by atoms with Crippen LogP contribution in [0.25, 0.3) is 11.0 Å². The Morgan fingerprint density at radius 2 is 1.83 bits per heavy atom. The Kier molecular flexibility index (Phi) is 4.91. The van der Waals surface area contributed by atoms with Crippen LogP contribution < -0.4 is 4.90 Å². The highest BCUT2D eigenvalue weighted by molar-refractivity contribution is 5.93. The molecule has 1 amide bonds. The molecule has 0 radical (unpaired) electrons. The van der Waals surface area contributed by atoms with E-state index in [2.05, 4.69) is 4.98 Å². The number of amides is 1. The Balaban J connectivity index is 1.89. The van der Waals surface area contributed by atoms with Gasteiger partial charge in [0.1, 0.15) is 12.4 Å². The van der Waals surface area contributed by atoms with Crippen LogP contribution in [-0.2, 0) is 17.8 Å². The van der Waals surface area contributed by atoms with Gasteiger partial charge >= 0.3 is 0 Å². The molecular weight excluding hydrogens is 302 g/mol. The number of aliphatic hydroxyl groups is 1. The number of aromatic nitrogens is 2. The summed E-state index contributed by atoms with van der Waals surface area (Å²) in [5, 5.41) is 9.10. The van der Waals surface area contributed by atoms with Crippen LogP contribution in [0.15, 0.2) is 54.6 Å². The normalized spacial score (nSPS) is 10.9. The number of rotatable bonds is 6. The van der Waals surface area contributed by atoms with E-state index in [4.69, 9.17) is 5.11 Å². The lowest BCUT2D eigenvalue weighted by atomic mass is 10.3. The monoisotopic (exact) mass is 323 g/mol. The summed E-state index contributed by atoms with van der Waals surface area (Å²) in [6, 6.07) is 17.4. The van der Waals surface area contributed by atoms with Crippen molar-refractivity contribution in [1.82, 2.24) is 9.55 Å². The van der Waals surface area contributed by atoms with Crippen molar-refractivity contribution < 1.29 is 9.90 Å². The van der Waals surface area contributed by atoms with Gasteiger partial charge in [-0.15, -0.1) is 0 Å². The molecule has 5 nitrogen and oxygen atoms in total. The molecule has 0 bridgehead atoms. The lowest BCUT2D eigenvalue weighted by molar-refractivity contribution is -0.118. The van der Waals surface area contributed by atoms with E-state index in [9.17, 15) is 4.79 Å². The molecule has 24 heavy (non-hydrogen) atoms. The largest absolute Gasteiger partial charge is 0.396 e. The molecule has 0 fully saturated rings. The van der Waals surface area contributed by atoms with Gasteiger partial charge in [-0.1, -0.05) is 30.3 Å².